The molecule has 2 N–H and O–H groups in total. The molecule has 8 heteroatoms. The van der Waals surface area contributed by atoms with Crippen molar-refractivity contribution in [3.63, 3.8) is 0 Å². The van der Waals surface area contributed by atoms with E-state index in [2.05, 4.69) is 15.3 Å². The first kappa shape index (κ1) is 16.8. The molecule has 128 valence electrons. The maximum atomic E-state index is 12.4. The van der Waals surface area contributed by atoms with Crippen molar-refractivity contribution in [1.82, 2.24) is 9.97 Å². The first-order chi connectivity index (χ1) is 11.9. The van der Waals surface area contributed by atoms with E-state index in [1.54, 1.807) is 18.2 Å². The van der Waals surface area contributed by atoms with E-state index < -0.39 is 5.97 Å². The number of carbonyl (C=O) groups excluding carboxylic acids is 1. The number of rotatable bonds is 5. The average Bonchev–Trinajstić information content (AvgIpc) is 2.95. The minimum atomic E-state index is -1.00. The van der Waals surface area contributed by atoms with Crippen LogP contribution in [0.2, 0.25) is 0 Å². The van der Waals surface area contributed by atoms with E-state index in [9.17, 15) is 9.59 Å². The molecule has 0 atom stereocenters. The highest BCUT2D eigenvalue weighted by Gasteiger charge is 2.13. The molecular formula is C17H15N3O4S. The summed E-state index contributed by atoms with van der Waals surface area (Å²) in [5.41, 5.74) is 1.21. The molecule has 3 aromatic rings. The van der Waals surface area contributed by atoms with Gasteiger partial charge in [-0.25, -0.2) is 14.8 Å². The molecule has 3 rings (SSSR count). The second-order valence-electron chi connectivity index (χ2n) is 5.51. The number of nitrogens with one attached hydrogen (secondary N) is 1. The van der Waals surface area contributed by atoms with E-state index in [1.165, 1.54) is 29.7 Å². The molecule has 0 aliphatic carbocycles. The van der Waals surface area contributed by atoms with Crippen LogP contribution in [0.1, 0.15) is 34.6 Å². The summed E-state index contributed by atoms with van der Waals surface area (Å²) in [4.78, 5) is 31.8. The van der Waals surface area contributed by atoms with Gasteiger partial charge in [-0.05, 0) is 38.1 Å². The molecule has 0 spiro atoms. The number of aromatic carboxylic acids is 1. The Bertz CT molecular complexity index is 952. The third-order valence-corrected chi connectivity index (χ3v) is 4.14. The van der Waals surface area contributed by atoms with Gasteiger partial charge in [0.2, 0.25) is 5.88 Å². The van der Waals surface area contributed by atoms with Gasteiger partial charge in [-0.15, -0.1) is 0 Å². The van der Waals surface area contributed by atoms with Gasteiger partial charge in [-0.2, -0.15) is 0 Å². The Kier molecular flexibility index (Phi) is 4.62. The molecule has 0 fully saturated rings. The van der Waals surface area contributed by atoms with Gasteiger partial charge >= 0.3 is 5.97 Å². The standard InChI is InChI=1S/C17H15N3O4S/c1-9(2)24-14-8-10(5-6-18-14)15(21)20-17-19-12-4-3-11(16(22)23)7-13(12)25-17/h3-9H,1-2H3,(H,22,23)(H,19,20,21). The number of benzene rings is 1. The zero-order valence-corrected chi connectivity index (χ0v) is 14.3. The number of carbonyl (C=O) groups is 2. The van der Waals surface area contributed by atoms with Gasteiger partial charge in [0.05, 0.1) is 21.9 Å². The lowest BCUT2D eigenvalue weighted by Gasteiger charge is -2.09. The lowest BCUT2D eigenvalue weighted by molar-refractivity contribution is 0.0697. The van der Waals surface area contributed by atoms with Crippen LogP contribution in [0.4, 0.5) is 5.13 Å². The Hall–Kier alpha value is -3.00. The van der Waals surface area contributed by atoms with Crippen LogP contribution in [0.5, 0.6) is 5.88 Å². The Morgan fingerprint density at radius 2 is 2.00 bits per heavy atom. The minimum absolute atomic E-state index is 0.0431. The summed E-state index contributed by atoms with van der Waals surface area (Å²) in [6, 6.07) is 7.77. The summed E-state index contributed by atoms with van der Waals surface area (Å²) >= 11 is 1.21. The second kappa shape index (κ2) is 6.86. The van der Waals surface area contributed by atoms with Crippen molar-refractivity contribution in [2.75, 3.05) is 5.32 Å². The third kappa shape index (κ3) is 3.92. The Morgan fingerprint density at radius 3 is 2.72 bits per heavy atom. The SMILES string of the molecule is CC(C)Oc1cc(C(=O)Nc2nc3ccc(C(=O)O)cc3s2)ccn1. The van der Waals surface area contributed by atoms with Crippen molar-refractivity contribution >= 4 is 38.6 Å². The van der Waals surface area contributed by atoms with Gasteiger partial charge < -0.3 is 9.84 Å². The number of hydrogen-bond acceptors (Lipinski definition) is 6. The van der Waals surface area contributed by atoms with Crippen LogP contribution >= 0.6 is 11.3 Å². The summed E-state index contributed by atoms with van der Waals surface area (Å²) < 4.78 is 6.17. The van der Waals surface area contributed by atoms with Crippen LogP contribution in [-0.4, -0.2) is 33.1 Å². The predicted octanol–water partition coefficient (Wildman–Crippen LogP) is 3.43. The molecule has 0 bridgehead atoms. The van der Waals surface area contributed by atoms with Crippen molar-refractivity contribution in [2.24, 2.45) is 0 Å². The molecule has 2 heterocycles. The van der Waals surface area contributed by atoms with E-state index in [1.807, 2.05) is 13.8 Å². The highest BCUT2D eigenvalue weighted by atomic mass is 32.1. The van der Waals surface area contributed by atoms with Crippen LogP contribution in [0, 0.1) is 0 Å². The number of thiazole rings is 1. The lowest BCUT2D eigenvalue weighted by Crippen LogP contribution is -2.13. The van der Waals surface area contributed by atoms with Crippen LogP contribution in [-0.2, 0) is 0 Å². The molecule has 0 radical (unpaired) electrons. The Balaban J connectivity index is 1.81. The molecule has 0 unspecified atom stereocenters. The van der Waals surface area contributed by atoms with Gasteiger partial charge in [0, 0.05) is 17.8 Å². The van der Waals surface area contributed by atoms with Crippen LogP contribution in [0.25, 0.3) is 10.2 Å². The summed E-state index contributed by atoms with van der Waals surface area (Å²) in [5, 5.41) is 12.1. The molecular weight excluding hydrogens is 342 g/mol. The number of aromatic nitrogens is 2. The van der Waals surface area contributed by atoms with Crippen molar-refractivity contribution in [3.8, 4) is 5.88 Å². The number of carboxylic acid groups (broad SMARTS) is 1. The van der Waals surface area contributed by atoms with E-state index in [-0.39, 0.29) is 17.6 Å². The average molecular weight is 357 g/mol. The van der Waals surface area contributed by atoms with Crippen LogP contribution in [0.3, 0.4) is 0 Å². The lowest BCUT2D eigenvalue weighted by atomic mass is 10.2. The van der Waals surface area contributed by atoms with Crippen molar-refractivity contribution in [3.05, 3.63) is 47.7 Å². The number of anilines is 1. The largest absolute Gasteiger partial charge is 0.478 e. The van der Waals surface area contributed by atoms with Crippen LogP contribution < -0.4 is 10.1 Å². The fourth-order valence-electron chi connectivity index (χ4n) is 2.14. The predicted molar refractivity (Wildman–Crippen MR) is 94.5 cm³/mol. The monoisotopic (exact) mass is 357 g/mol. The molecule has 0 saturated heterocycles. The smallest absolute Gasteiger partial charge is 0.335 e. The van der Waals surface area contributed by atoms with Crippen molar-refractivity contribution < 1.29 is 19.4 Å². The van der Waals surface area contributed by atoms with Crippen LogP contribution in [0.15, 0.2) is 36.5 Å². The Labute approximate surface area is 147 Å². The van der Waals surface area contributed by atoms with Gasteiger partial charge in [0.25, 0.3) is 5.91 Å². The third-order valence-electron chi connectivity index (χ3n) is 3.21. The number of ether oxygens (including phenoxy) is 1. The normalized spacial score (nSPS) is 10.8. The van der Waals surface area contributed by atoms with E-state index >= 15 is 0 Å². The molecule has 1 aromatic carbocycles. The molecule has 7 nitrogen and oxygen atoms in total. The number of carboxylic acids is 1. The summed E-state index contributed by atoms with van der Waals surface area (Å²) in [5.74, 6) is -0.970. The zero-order chi connectivity index (χ0) is 18.0. The zero-order valence-electron chi connectivity index (χ0n) is 13.5. The maximum absolute atomic E-state index is 12.4. The minimum Gasteiger partial charge on any atom is -0.478 e. The molecule has 25 heavy (non-hydrogen) atoms. The van der Waals surface area contributed by atoms with Gasteiger partial charge in [0.15, 0.2) is 5.13 Å². The highest BCUT2D eigenvalue weighted by molar-refractivity contribution is 7.22. The van der Waals surface area contributed by atoms with E-state index in [4.69, 9.17) is 9.84 Å². The fourth-order valence-corrected chi connectivity index (χ4v) is 3.04. The number of fused-ring (bicyclic) bond motifs is 1. The maximum Gasteiger partial charge on any atom is 0.335 e. The van der Waals surface area contributed by atoms with Gasteiger partial charge in [-0.3, -0.25) is 10.1 Å². The quantitative estimate of drug-likeness (QED) is 0.725. The van der Waals surface area contributed by atoms with E-state index in [0.29, 0.717) is 26.8 Å². The highest BCUT2D eigenvalue weighted by Crippen LogP contribution is 2.27. The molecule has 1 amide bonds. The first-order valence-electron chi connectivity index (χ1n) is 7.50. The Morgan fingerprint density at radius 1 is 1.20 bits per heavy atom. The summed E-state index contributed by atoms with van der Waals surface area (Å²) in [6.07, 6.45) is 1.46. The first-order valence-corrected chi connectivity index (χ1v) is 8.32. The summed E-state index contributed by atoms with van der Waals surface area (Å²) in [7, 11) is 0. The topological polar surface area (TPSA) is 101 Å². The number of amides is 1. The van der Waals surface area contributed by atoms with E-state index in [0.717, 1.165) is 0 Å². The van der Waals surface area contributed by atoms with Crippen molar-refractivity contribution in [2.45, 2.75) is 20.0 Å². The molecule has 2 aromatic heterocycles. The van der Waals surface area contributed by atoms with Crippen molar-refractivity contribution in [1.29, 1.82) is 0 Å². The summed E-state index contributed by atoms with van der Waals surface area (Å²) in [6.45, 7) is 3.75. The molecule has 0 aliphatic rings. The molecule has 0 aliphatic heterocycles. The second-order valence-corrected chi connectivity index (χ2v) is 6.54. The molecule has 0 saturated carbocycles. The number of nitrogens with zero attached hydrogens (tertiary/aromatic N) is 2. The van der Waals surface area contributed by atoms with Gasteiger partial charge in [0.1, 0.15) is 0 Å². The fraction of sp³-hybridized carbons (Fsp3) is 0.176. The number of pyridine rings is 1. The van der Waals surface area contributed by atoms with Gasteiger partial charge in [-0.1, -0.05) is 11.3 Å². The number of hydrogen-bond donors (Lipinski definition) is 2.